The summed E-state index contributed by atoms with van der Waals surface area (Å²) in [6.45, 7) is 1.83. The van der Waals surface area contributed by atoms with E-state index in [1.165, 1.54) is 36.5 Å². The number of alkyl halides is 2. The fraction of sp³-hybridized carbons (Fsp3) is 0.105. The molecule has 0 radical (unpaired) electrons. The van der Waals surface area contributed by atoms with Crippen molar-refractivity contribution in [3.05, 3.63) is 66.0 Å². The summed E-state index contributed by atoms with van der Waals surface area (Å²) in [7, 11) is -3.97. The van der Waals surface area contributed by atoms with Gasteiger partial charge < -0.3 is 9.47 Å². The normalized spacial score (nSPS) is 14.6. The van der Waals surface area contributed by atoms with Gasteiger partial charge in [0.1, 0.15) is 6.07 Å². The van der Waals surface area contributed by atoms with Crippen LogP contribution >= 0.6 is 0 Å². The number of benzene rings is 2. The Bertz CT molecular complexity index is 1230. The van der Waals surface area contributed by atoms with Crippen molar-refractivity contribution in [2.45, 2.75) is 18.1 Å². The van der Waals surface area contributed by atoms with Gasteiger partial charge in [0.25, 0.3) is 10.0 Å². The number of hydrogen-bond donors (Lipinski definition) is 0. The molecular weight excluding hydrogens is 390 g/mol. The average Bonchev–Trinajstić information content (AvgIpc) is 3.21. The predicted molar refractivity (Wildman–Crippen MR) is 94.5 cm³/mol. The largest absolute Gasteiger partial charge is 0.586 e. The third-order valence-electron chi connectivity index (χ3n) is 4.24. The molecule has 0 bridgehead atoms. The van der Waals surface area contributed by atoms with Gasteiger partial charge in [-0.25, -0.2) is 12.4 Å². The monoisotopic (exact) mass is 402 g/mol. The molecule has 28 heavy (non-hydrogen) atoms. The highest BCUT2D eigenvalue weighted by molar-refractivity contribution is 7.90. The van der Waals surface area contributed by atoms with Gasteiger partial charge in [0.05, 0.1) is 10.5 Å². The van der Waals surface area contributed by atoms with Gasteiger partial charge in [-0.15, -0.1) is 8.78 Å². The molecule has 6 nitrogen and oxygen atoms in total. The minimum atomic E-state index is -3.97. The van der Waals surface area contributed by atoms with Crippen molar-refractivity contribution in [1.29, 1.82) is 5.26 Å². The number of fused-ring (bicyclic) bond motifs is 1. The molecule has 0 saturated heterocycles. The SMILES string of the molecule is Cc1ccc(S(=O)(=O)n2cc(C#N)c(-c3cccc4c3OC(F)(F)O4)c2)cc1. The standard InChI is InChI=1S/C19H12F2N2O4S/c1-12-5-7-14(8-6-12)28(24,25)23-10-13(9-22)16(11-23)15-3-2-4-17-18(15)27-19(20,21)26-17/h2-8,10-11H,1H3. The molecule has 0 saturated carbocycles. The van der Waals surface area contributed by atoms with E-state index in [0.29, 0.717) is 0 Å². The van der Waals surface area contributed by atoms with Gasteiger partial charge in [-0.05, 0) is 25.1 Å². The van der Waals surface area contributed by atoms with E-state index in [9.17, 15) is 22.5 Å². The number of hydrogen-bond acceptors (Lipinski definition) is 5. The third-order valence-corrected chi connectivity index (χ3v) is 5.87. The van der Waals surface area contributed by atoms with E-state index in [-0.39, 0.29) is 33.1 Å². The maximum absolute atomic E-state index is 13.5. The number of nitriles is 1. The Morgan fingerprint density at radius 3 is 2.43 bits per heavy atom. The highest BCUT2D eigenvalue weighted by atomic mass is 32.2. The van der Waals surface area contributed by atoms with Crippen molar-refractivity contribution in [1.82, 2.24) is 3.97 Å². The first-order valence-electron chi connectivity index (χ1n) is 8.05. The molecule has 0 amide bonds. The lowest BCUT2D eigenvalue weighted by Gasteiger charge is -2.07. The van der Waals surface area contributed by atoms with Crippen molar-refractivity contribution >= 4 is 10.0 Å². The lowest BCUT2D eigenvalue weighted by atomic mass is 10.0. The molecule has 0 aliphatic carbocycles. The zero-order valence-electron chi connectivity index (χ0n) is 14.4. The van der Waals surface area contributed by atoms with Crippen LogP contribution in [0.4, 0.5) is 8.78 Å². The van der Waals surface area contributed by atoms with Gasteiger partial charge in [-0.3, -0.25) is 0 Å². The lowest BCUT2D eigenvalue weighted by Crippen LogP contribution is -2.26. The number of ether oxygens (including phenoxy) is 2. The third kappa shape index (κ3) is 2.88. The molecular formula is C19H12F2N2O4S. The van der Waals surface area contributed by atoms with Gasteiger partial charge in [0.15, 0.2) is 11.5 Å². The molecule has 2 heterocycles. The number of aromatic nitrogens is 1. The Morgan fingerprint density at radius 1 is 1.04 bits per heavy atom. The van der Waals surface area contributed by atoms with E-state index in [1.54, 1.807) is 12.1 Å². The molecule has 0 N–H and O–H groups in total. The average molecular weight is 402 g/mol. The number of rotatable bonds is 3. The van der Waals surface area contributed by atoms with Gasteiger partial charge in [-0.2, -0.15) is 5.26 Å². The first kappa shape index (κ1) is 18.0. The van der Waals surface area contributed by atoms with Crippen molar-refractivity contribution in [3.8, 4) is 28.7 Å². The second kappa shape index (κ2) is 6.07. The van der Waals surface area contributed by atoms with Crippen LogP contribution in [0.5, 0.6) is 11.5 Å². The lowest BCUT2D eigenvalue weighted by molar-refractivity contribution is -0.286. The van der Waals surface area contributed by atoms with Crippen LogP contribution in [-0.2, 0) is 10.0 Å². The van der Waals surface area contributed by atoms with E-state index in [2.05, 4.69) is 9.47 Å². The van der Waals surface area contributed by atoms with Gasteiger partial charge in [-0.1, -0.05) is 29.8 Å². The summed E-state index contributed by atoms with van der Waals surface area (Å²) in [5, 5.41) is 9.44. The number of aryl methyl sites for hydroxylation is 1. The van der Waals surface area contributed by atoms with Crippen LogP contribution in [0.3, 0.4) is 0 Å². The molecule has 1 aliphatic rings. The first-order chi connectivity index (χ1) is 13.2. The van der Waals surface area contributed by atoms with Crippen molar-refractivity contribution in [2.24, 2.45) is 0 Å². The number of halogens is 2. The summed E-state index contributed by atoms with van der Waals surface area (Å²) >= 11 is 0. The maximum atomic E-state index is 13.5. The summed E-state index contributed by atoms with van der Waals surface area (Å²) in [6, 6.07) is 12.3. The second-order valence-corrected chi connectivity index (χ2v) is 7.99. The smallest absolute Gasteiger partial charge is 0.395 e. The van der Waals surface area contributed by atoms with Crippen LogP contribution < -0.4 is 9.47 Å². The Morgan fingerprint density at radius 2 is 1.75 bits per heavy atom. The summed E-state index contributed by atoms with van der Waals surface area (Å²) in [5.74, 6) is -0.449. The van der Waals surface area contributed by atoms with Crippen LogP contribution in [0.2, 0.25) is 0 Å². The van der Waals surface area contributed by atoms with Crippen LogP contribution in [0.1, 0.15) is 11.1 Å². The van der Waals surface area contributed by atoms with Crippen LogP contribution in [0, 0.1) is 18.3 Å². The van der Waals surface area contributed by atoms with Crippen molar-refractivity contribution in [3.63, 3.8) is 0 Å². The molecule has 4 rings (SSSR count). The fourth-order valence-electron chi connectivity index (χ4n) is 2.89. The van der Waals surface area contributed by atoms with Crippen LogP contribution in [0.25, 0.3) is 11.1 Å². The summed E-state index contributed by atoms with van der Waals surface area (Å²) in [5.41, 5.74) is 1.14. The molecule has 3 aromatic rings. The van der Waals surface area contributed by atoms with E-state index < -0.39 is 16.3 Å². The zero-order valence-corrected chi connectivity index (χ0v) is 15.2. The molecule has 0 atom stereocenters. The quantitative estimate of drug-likeness (QED) is 0.664. The number of para-hydroxylation sites is 1. The van der Waals surface area contributed by atoms with Gasteiger partial charge >= 0.3 is 6.29 Å². The minimum Gasteiger partial charge on any atom is -0.395 e. The fourth-order valence-corrected chi connectivity index (χ4v) is 4.10. The van der Waals surface area contributed by atoms with Crippen LogP contribution in [0.15, 0.2) is 59.8 Å². The first-order valence-corrected chi connectivity index (χ1v) is 9.49. The van der Waals surface area contributed by atoms with Crippen LogP contribution in [-0.4, -0.2) is 18.7 Å². The molecule has 1 aromatic heterocycles. The topological polar surface area (TPSA) is 81.3 Å². The highest BCUT2D eigenvalue weighted by Crippen LogP contribution is 2.47. The number of nitrogens with zero attached hydrogens (tertiary/aromatic N) is 2. The van der Waals surface area contributed by atoms with E-state index in [0.717, 1.165) is 15.7 Å². The molecule has 0 spiro atoms. The Kier molecular flexibility index (Phi) is 3.90. The second-order valence-electron chi connectivity index (χ2n) is 6.15. The Hall–Kier alpha value is -3.38. The zero-order chi connectivity index (χ0) is 20.1. The van der Waals surface area contributed by atoms with E-state index >= 15 is 0 Å². The Balaban J connectivity index is 1.85. The van der Waals surface area contributed by atoms with E-state index in [1.807, 2.05) is 13.0 Å². The molecule has 0 unspecified atom stereocenters. The molecule has 142 valence electrons. The van der Waals surface area contributed by atoms with Gasteiger partial charge in [0, 0.05) is 23.5 Å². The minimum absolute atomic E-state index is 0.0112. The van der Waals surface area contributed by atoms with Gasteiger partial charge in [0.2, 0.25) is 0 Å². The molecule has 2 aromatic carbocycles. The maximum Gasteiger partial charge on any atom is 0.586 e. The molecule has 0 fully saturated rings. The Labute approximate surface area is 159 Å². The summed E-state index contributed by atoms with van der Waals surface area (Å²) in [6.07, 6.45) is -1.50. The summed E-state index contributed by atoms with van der Waals surface area (Å²) < 4.78 is 62.5. The van der Waals surface area contributed by atoms with E-state index in [4.69, 9.17) is 0 Å². The highest BCUT2D eigenvalue weighted by Gasteiger charge is 2.44. The predicted octanol–water partition coefficient (Wildman–Crippen LogP) is 3.89. The molecule has 9 heteroatoms. The van der Waals surface area contributed by atoms with Crippen molar-refractivity contribution < 1.29 is 26.7 Å². The molecule has 1 aliphatic heterocycles. The summed E-state index contributed by atoms with van der Waals surface area (Å²) in [4.78, 5) is 0.0357. The van der Waals surface area contributed by atoms with Crippen molar-refractivity contribution in [2.75, 3.05) is 0 Å².